The van der Waals surface area contributed by atoms with Crippen LogP contribution in [0.4, 0.5) is 4.39 Å². The van der Waals surface area contributed by atoms with Gasteiger partial charge in [0.25, 0.3) is 0 Å². The number of halogens is 1. The first kappa shape index (κ1) is 12.2. The van der Waals surface area contributed by atoms with Crippen LogP contribution in [0.25, 0.3) is 0 Å². The van der Waals surface area contributed by atoms with Gasteiger partial charge in [0, 0.05) is 0 Å². The normalized spacial score (nSPS) is 15.8. The van der Waals surface area contributed by atoms with Crippen molar-refractivity contribution in [1.29, 1.82) is 0 Å². The summed E-state index contributed by atoms with van der Waals surface area (Å²) in [6.45, 7) is 5.83. The first-order chi connectivity index (χ1) is 6.26. The molecular weight excluding hydrogens is 163 g/mol. The maximum absolute atomic E-state index is 13.4. The van der Waals surface area contributed by atoms with Crippen LogP contribution in [0.2, 0.25) is 0 Å². The molecule has 0 aromatic carbocycles. The predicted molar refractivity (Wildman–Crippen MR) is 57.5 cm³/mol. The Balaban J connectivity index is 4.39. The summed E-state index contributed by atoms with van der Waals surface area (Å²) in [5.74, 6) is 0. The Labute approximate surface area is 80.9 Å². The molecule has 0 aliphatic carbocycles. The maximum atomic E-state index is 13.4. The number of allylic oxidation sites excluding steroid dienone is 6. The minimum atomic E-state index is -0.822. The van der Waals surface area contributed by atoms with Gasteiger partial charge in [0.1, 0.15) is 6.17 Å². The fraction of sp³-hybridized carbons (Fsp3) is 0.500. The van der Waals surface area contributed by atoms with Crippen molar-refractivity contribution in [3.8, 4) is 0 Å². The number of hydrogen-bond donors (Lipinski definition) is 0. The van der Waals surface area contributed by atoms with Gasteiger partial charge in [-0.3, -0.25) is 0 Å². The Bertz CT molecular complexity index is 199. The average Bonchev–Trinajstić information content (AvgIpc) is 2.12. The van der Waals surface area contributed by atoms with Gasteiger partial charge in [0.05, 0.1) is 0 Å². The topological polar surface area (TPSA) is 0 Å². The van der Waals surface area contributed by atoms with Crippen molar-refractivity contribution >= 4 is 0 Å². The molecule has 13 heavy (non-hydrogen) atoms. The van der Waals surface area contributed by atoms with E-state index in [9.17, 15) is 4.39 Å². The van der Waals surface area contributed by atoms with E-state index in [2.05, 4.69) is 0 Å². The van der Waals surface area contributed by atoms with Crippen molar-refractivity contribution in [3.63, 3.8) is 0 Å². The zero-order valence-electron chi connectivity index (χ0n) is 8.76. The maximum Gasteiger partial charge on any atom is 0.125 e. The van der Waals surface area contributed by atoms with Crippen LogP contribution in [0.15, 0.2) is 36.0 Å². The summed E-state index contributed by atoms with van der Waals surface area (Å²) in [6.07, 6.45) is 9.98. The Kier molecular flexibility index (Phi) is 7.27. The first-order valence-electron chi connectivity index (χ1n) is 4.85. The van der Waals surface area contributed by atoms with Crippen molar-refractivity contribution in [3.05, 3.63) is 36.0 Å². The van der Waals surface area contributed by atoms with Crippen LogP contribution in [0.3, 0.4) is 0 Å². The molecule has 0 bridgehead atoms. The summed E-state index contributed by atoms with van der Waals surface area (Å²) in [5, 5.41) is 0. The van der Waals surface area contributed by atoms with Crippen molar-refractivity contribution in [1.82, 2.24) is 0 Å². The van der Waals surface area contributed by atoms with Crippen molar-refractivity contribution in [2.24, 2.45) is 0 Å². The second kappa shape index (κ2) is 7.78. The highest BCUT2D eigenvalue weighted by Gasteiger charge is 2.07. The van der Waals surface area contributed by atoms with Crippen LogP contribution in [0, 0.1) is 0 Å². The molecule has 1 atom stereocenters. The molecule has 74 valence electrons. The van der Waals surface area contributed by atoms with E-state index in [0.29, 0.717) is 6.42 Å². The fourth-order valence-corrected chi connectivity index (χ4v) is 1.08. The molecule has 1 unspecified atom stereocenters. The van der Waals surface area contributed by atoms with Gasteiger partial charge in [-0.05, 0) is 25.8 Å². The van der Waals surface area contributed by atoms with Gasteiger partial charge in [-0.1, -0.05) is 43.7 Å². The smallest absolute Gasteiger partial charge is 0.125 e. The molecule has 0 saturated heterocycles. The summed E-state index contributed by atoms with van der Waals surface area (Å²) in [5.41, 5.74) is 0.766. The lowest BCUT2D eigenvalue weighted by Crippen LogP contribution is -2.01. The predicted octanol–water partition coefficient (Wildman–Crippen LogP) is 4.20. The van der Waals surface area contributed by atoms with Crippen LogP contribution >= 0.6 is 0 Å². The second-order valence-electron chi connectivity index (χ2n) is 2.95. The molecule has 0 nitrogen and oxygen atoms in total. The van der Waals surface area contributed by atoms with Crippen molar-refractivity contribution in [2.45, 2.75) is 39.8 Å². The van der Waals surface area contributed by atoms with Gasteiger partial charge in [-0.15, -0.1) is 0 Å². The van der Waals surface area contributed by atoms with Gasteiger partial charge >= 0.3 is 0 Å². The minimum Gasteiger partial charge on any atom is -0.242 e. The SMILES string of the molecule is C\C=C/C=C(\C=C/C)C(F)CCC. The third kappa shape index (κ3) is 5.40. The molecule has 0 aromatic heterocycles. The van der Waals surface area contributed by atoms with E-state index in [1.807, 2.05) is 51.2 Å². The largest absolute Gasteiger partial charge is 0.242 e. The van der Waals surface area contributed by atoms with Crippen LogP contribution in [0.5, 0.6) is 0 Å². The molecule has 0 fully saturated rings. The molecule has 0 radical (unpaired) electrons. The van der Waals surface area contributed by atoms with Crippen LogP contribution in [0.1, 0.15) is 33.6 Å². The molecule has 0 heterocycles. The summed E-state index contributed by atoms with van der Waals surface area (Å²) < 4.78 is 13.4. The second-order valence-corrected chi connectivity index (χ2v) is 2.95. The van der Waals surface area contributed by atoms with E-state index in [1.54, 1.807) is 0 Å². The van der Waals surface area contributed by atoms with Gasteiger partial charge < -0.3 is 0 Å². The molecule has 0 saturated carbocycles. The van der Waals surface area contributed by atoms with E-state index in [0.717, 1.165) is 12.0 Å². The third-order valence-corrected chi connectivity index (χ3v) is 1.74. The third-order valence-electron chi connectivity index (χ3n) is 1.74. The highest BCUT2D eigenvalue weighted by atomic mass is 19.1. The lowest BCUT2D eigenvalue weighted by Gasteiger charge is -2.06. The van der Waals surface area contributed by atoms with E-state index in [-0.39, 0.29) is 0 Å². The molecule has 0 amide bonds. The van der Waals surface area contributed by atoms with Gasteiger partial charge in [0.2, 0.25) is 0 Å². The van der Waals surface area contributed by atoms with Gasteiger partial charge in [-0.25, -0.2) is 4.39 Å². The van der Waals surface area contributed by atoms with Crippen molar-refractivity contribution in [2.75, 3.05) is 0 Å². The fourth-order valence-electron chi connectivity index (χ4n) is 1.08. The molecule has 1 heteroatoms. The lowest BCUT2D eigenvalue weighted by atomic mass is 10.1. The first-order valence-corrected chi connectivity index (χ1v) is 4.85. The Morgan fingerprint density at radius 1 is 1.31 bits per heavy atom. The monoisotopic (exact) mass is 182 g/mol. The molecule has 0 spiro atoms. The molecule has 0 rings (SSSR count). The minimum absolute atomic E-state index is 0.605. The molecular formula is C12H19F. The Hall–Kier alpha value is -0.850. The molecule has 0 aromatic rings. The van der Waals surface area contributed by atoms with Crippen molar-refractivity contribution < 1.29 is 4.39 Å². The Morgan fingerprint density at radius 2 is 2.00 bits per heavy atom. The van der Waals surface area contributed by atoms with E-state index >= 15 is 0 Å². The summed E-state index contributed by atoms with van der Waals surface area (Å²) in [4.78, 5) is 0. The molecule has 0 N–H and O–H groups in total. The number of rotatable bonds is 5. The molecule has 0 aliphatic heterocycles. The van der Waals surface area contributed by atoms with Crippen LogP contribution in [-0.2, 0) is 0 Å². The van der Waals surface area contributed by atoms with Gasteiger partial charge in [0.15, 0.2) is 0 Å². The summed E-state index contributed by atoms with van der Waals surface area (Å²) in [7, 11) is 0. The lowest BCUT2D eigenvalue weighted by molar-refractivity contribution is 0.363. The standard InChI is InChI=1S/C12H19F/c1-4-7-10-11(8-5-2)12(13)9-6-3/h4-5,7-8,10,12H,6,9H2,1-3H3/b7-4-,8-5-,11-10+. The highest BCUT2D eigenvalue weighted by Crippen LogP contribution is 2.14. The highest BCUT2D eigenvalue weighted by molar-refractivity contribution is 5.26. The quantitative estimate of drug-likeness (QED) is 0.559. The number of hydrogen-bond acceptors (Lipinski definition) is 0. The average molecular weight is 182 g/mol. The zero-order valence-corrected chi connectivity index (χ0v) is 8.76. The number of alkyl halides is 1. The van der Waals surface area contributed by atoms with Crippen LogP contribution < -0.4 is 0 Å². The Morgan fingerprint density at radius 3 is 2.46 bits per heavy atom. The summed E-state index contributed by atoms with van der Waals surface area (Å²) in [6, 6.07) is 0. The zero-order chi connectivity index (χ0) is 10.1. The summed E-state index contributed by atoms with van der Waals surface area (Å²) >= 11 is 0. The molecule has 0 aliphatic rings. The van der Waals surface area contributed by atoms with E-state index in [1.165, 1.54) is 0 Å². The van der Waals surface area contributed by atoms with Crippen LogP contribution in [-0.4, -0.2) is 6.17 Å². The van der Waals surface area contributed by atoms with E-state index < -0.39 is 6.17 Å². The van der Waals surface area contributed by atoms with Gasteiger partial charge in [-0.2, -0.15) is 0 Å². The van der Waals surface area contributed by atoms with E-state index in [4.69, 9.17) is 0 Å².